The van der Waals surface area contributed by atoms with Crippen LogP contribution in [0.1, 0.15) is 17.3 Å². The maximum atomic E-state index is 12.3. The third-order valence-corrected chi connectivity index (χ3v) is 3.69. The van der Waals surface area contributed by atoms with Crippen molar-refractivity contribution >= 4 is 29.2 Å². The molecule has 0 saturated heterocycles. The summed E-state index contributed by atoms with van der Waals surface area (Å²) in [5.74, 6) is 0.182. The van der Waals surface area contributed by atoms with Gasteiger partial charge >= 0.3 is 5.97 Å². The molecule has 2 rings (SSSR count). The van der Waals surface area contributed by atoms with E-state index in [0.717, 1.165) is 0 Å². The first kappa shape index (κ1) is 18.6. The highest BCUT2D eigenvalue weighted by molar-refractivity contribution is 6.33. The molecule has 6 nitrogen and oxygen atoms in total. The average molecular weight is 364 g/mol. The summed E-state index contributed by atoms with van der Waals surface area (Å²) in [6.45, 7) is 1.62. The lowest BCUT2D eigenvalue weighted by Gasteiger charge is -2.15. The zero-order valence-electron chi connectivity index (χ0n) is 14.0. The second kappa shape index (κ2) is 8.39. The molecule has 0 saturated carbocycles. The normalized spacial score (nSPS) is 11.4. The summed E-state index contributed by atoms with van der Waals surface area (Å²) in [6, 6.07) is 11.5. The van der Waals surface area contributed by atoms with Gasteiger partial charge in [0.1, 0.15) is 11.5 Å². The van der Waals surface area contributed by atoms with E-state index in [-0.39, 0.29) is 16.5 Å². The Morgan fingerprint density at radius 2 is 1.80 bits per heavy atom. The third-order valence-electron chi connectivity index (χ3n) is 3.36. The van der Waals surface area contributed by atoms with E-state index in [9.17, 15) is 9.59 Å². The molecule has 7 heteroatoms. The molecule has 2 aromatic carbocycles. The Morgan fingerprint density at radius 1 is 1.08 bits per heavy atom. The van der Waals surface area contributed by atoms with Gasteiger partial charge in [-0.05, 0) is 37.3 Å². The second-order valence-electron chi connectivity index (χ2n) is 5.11. The van der Waals surface area contributed by atoms with Crippen LogP contribution >= 0.6 is 11.6 Å². The van der Waals surface area contributed by atoms with Crippen molar-refractivity contribution in [3.63, 3.8) is 0 Å². The van der Waals surface area contributed by atoms with Crippen molar-refractivity contribution in [2.24, 2.45) is 0 Å². The Hall–Kier alpha value is -2.73. The van der Waals surface area contributed by atoms with Crippen LogP contribution < -0.4 is 14.8 Å². The predicted molar refractivity (Wildman–Crippen MR) is 94.5 cm³/mol. The molecule has 0 heterocycles. The van der Waals surface area contributed by atoms with Crippen molar-refractivity contribution < 1.29 is 23.8 Å². The maximum Gasteiger partial charge on any atom is 0.339 e. The van der Waals surface area contributed by atoms with Crippen LogP contribution in [0.2, 0.25) is 5.02 Å². The smallest absolute Gasteiger partial charge is 0.339 e. The number of amides is 1. The van der Waals surface area contributed by atoms with Crippen molar-refractivity contribution in [2.45, 2.75) is 13.0 Å². The third kappa shape index (κ3) is 4.87. The zero-order valence-corrected chi connectivity index (χ0v) is 14.8. The molecule has 0 aliphatic rings. The van der Waals surface area contributed by atoms with E-state index >= 15 is 0 Å². The minimum atomic E-state index is -0.760. The zero-order chi connectivity index (χ0) is 18.4. The Morgan fingerprint density at radius 3 is 2.48 bits per heavy atom. The van der Waals surface area contributed by atoms with Crippen LogP contribution in [-0.4, -0.2) is 32.2 Å². The first-order valence-electron chi connectivity index (χ1n) is 7.44. The van der Waals surface area contributed by atoms with Crippen molar-refractivity contribution in [3.05, 3.63) is 53.1 Å². The standard InChI is InChI=1S/C18H18ClNO5/c1-11(25-14-6-4-5-13(10-14)23-2)17(21)20-12-7-8-16(19)15(9-12)18(22)24-3/h4-11H,1-3H3,(H,20,21)/t11-/m0/s1. The van der Waals surface area contributed by atoms with Gasteiger partial charge < -0.3 is 19.5 Å². The molecule has 0 bridgehead atoms. The summed E-state index contributed by atoms with van der Waals surface area (Å²) in [6.07, 6.45) is -0.760. The van der Waals surface area contributed by atoms with Gasteiger partial charge in [-0.1, -0.05) is 17.7 Å². The first-order chi connectivity index (χ1) is 11.9. The number of benzene rings is 2. The fourth-order valence-electron chi connectivity index (χ4n) is 2.05. The monoisotopic (exact) mass is 363 g/mol. The Bertz CT molecular complexity index is 778. The minimum Gasteiger partial charge on any atom is -0.497 e. The number of halogens is 1. The number of esters is 1. The van der Waals surface area contributed by atoms with Crippen molar-refractivity contribution in [1.82, 2.24) is 0 Å². The molecular weight excluding hydrogens is 346 g/mol. The van der Waals surface area contributed by atoms with Gasteiger partial charge in [-0.2, -0.15) is 0 Å². The summed E-state index contributed by atoms with van der Waals surface area (Å²) in [7, 11) is 2.81. The van der Waals surface area contributed by atoms with Crippen LogP contribution in [0.3, 0.4) is 0 Å². The molecule has 0 unspecified atom stereocenters. The van der Waals surface area contributed by atoms with Gasteiger partial charge in [0.05, 0.1) is 24.8 Å². The molecule has 1 N–H and O–H groups in total. The van der Waals surface area contributed by atoms with E-state index in [2.05, 4.69) is 10.1 Å². The molecule has 0 fully saturated rings. The lowest BCUT2D eigenvalue weighted by Crippen LogP contribution is -2.30. The highest BCUT2D eigenvalue weighted by Gasteiger charge is 2.17. The number of hydrogen-bond acceptors (Lipinski definition) is 5. The molecule has 1 amide bonds. The molecule has 0 aromatic heterocycles. The summed E-state index contributed by atoms with van der Waals surface area (Å²) in [4.78, 5) is 23.9. The highest BCUT2D eigenvalue weighted by atomic mass is 35.5. The van der Waals surface area contributed by atoms with Gasteiger partial charge in [0.15, 0.2) is 6.10 Å². The number of methoxy groups -OCH3 is 2. The minimum absolute atomic E-state index is 0.170. The molecule has 25 heavy (non-hydrogen) atoms. The lowest BCUT2D eigenvalue weighted by molar-refractivity contribution is -0.122. The van der Waals surface area contributed by atoms with E-state index in [1.165, 1.54) is 19.2 Å². The first-order valence-corrected chi connectivity index (χ1v) is 7.82. The molecule has 1 atom stereocenters. The van der Waals surface area contributed by atoms with Crippen LogP contribution in [0.25, 0.3) is 0 Å². The fraction of sp³-hybridized carbons (Fsp3) is 0.222. The molecule has 0 aliphatic carbocycles. The van der Waals surface area contributed by atoms with E-state index in [0.29, 0.717) is 17.2 Å². The van der Waals surface area contributed by atoms with Gasteiger partial charge in [-0.15, -0.1) is 0 Å². The Balaban J connectivity index is 2.07. The molecule has 0 radical (unpaired) electrons. The van der Waals surface area contributed by atoms with Gasteiger partial charge in [0.25, 0.3) is 5.91 Å². The van der Waals surface area contributed by atoms with Crippen molar-refractivity contribution in [2.75, 3.05) is 19.5 Å². The van der Waals surface area contributed by atoms with Crippen molar-refractivity contribution in [3.8, 4) is 11.5 Å². The van der Waals surface area contributed by atoms with E-state index in [4.69, 9.17) is 21.1 Å². The Kier molecular flexibility index (Phi) is 6.25. The molecule has 132 valence electrons. The lowest BCUT2D eigenvalue weighted by atomic mass is 10.2. The second-order valence-corrected chi connectivity index (χ2v) is 5.52. The van der Waals surface area contributed by atoms with E-state index < -0.39 is 12.1 Å². The van der Waals surface area contributed by atoms with Crippen LogP contribution in [-0.2, 0) is 9.53 Å². The number of hydrogen-bond donors (Lipinski definition) is 1. The maximum absolute atomic E-state index is 12.3. The van der Waals surface area contributed by atoms with Crippen LogP contribution in [0.4, 0.5) is 5.69 Å². The summed E-state index contributed by atoms with van der Waals surface area (Å²) in [5.41, 5.74) is 0.583. The Labute approximate surface area is 150 Å². The molecule has 0 aliphatic heterocycles. The summed E-state index contributed by atoms with van der Waals surface area (Å²) >= 11 is 5.95. The van der Waals surface area contributed by atoms with Crippen LogP contribution in [0, 0.1) is 0 Å². The topological polar surface area (TPSA) is 73.9 Å². The average Bonchev–Trinajstić information content (AvgIpc) is 2.62. The largest absolute Gasteiger partial charge is 0.497 e. The number of nitrogens with one attached hydrogen (secondary N) is 1. The number of anilines is 1. The molecule has 0 spiro atoms. The molecular formula is C18H18ClNO5. The number of ether oxygens (including phenoxy) is 3. The molecule has 2 aromatic rings. The summed E-state index contributed by atoms with van der Waals surface area (Å²) < 4.78 is 15.4. The van der Waals surface area contributed by atoms with Gasteiger partial charge in [0.2, 0.25) is 0 Å². The van der Waals surface area contributed by atoms with E-state index in [1.807, 2.05) is 0 Å². The van der Waals surface area contributed by atoms with Gasteiger partial charge in [-0.3, -0.25) is 4.79 Å². The van der Waals surface area contributed by atoms with E-state index in [1.54, 1.807) is 44.4 Å². The van der Waals surface area contributed by atoms with Gasteiger partial charge in [-0.25, -0.2) is 4.79 Å². The number of carbonyl (C=O) groups is 2. The summed E-state index contributed by atoms with van der Waals surface area (Å²) in [5, 5.41) is 2.92. The van der Waals surface area contributed by atoms with Crippen LogP contribution in [0.15, 0.2) is 42.5 Å². The number of rotatable bonds is 6. The fourth-order valence-corrected chi connectivity index (χ4v) is 2.24. The SMILES string of the molecule is COC(=O)c1cc(NC(=O)[C@H](C)Oc2cccc(OC)c2)ccc1Cl. The number of carbonyl (C=O) groups excluding carboxylic acids is 2. The van der Waals surface area contributed by atoms with Crippen molar-refractivity contribution in [1.29, 1.82) is 0 Å². The van der Waals surface area contributed by atoms with Gasteiger partial charge in [0, 0.05) is 11.8 Å². The van der Waals surface area contributed by atoms with Crippen LogP contribution in [0.5, 0.6) is 11.5 Å². The predicted octanol–water partition coefficient (Wildman–Crippen LogP) is 3.54. The quantitative estimate of drug-likeness (QED) is 0.794. The highest BCUT2D eigenvalue weighted by Crippen LogP contribution is 2.23.